The van der Waals surface area contributed by atoms with E-state index in [0.29, 0.717) is 13.1 Å². The van der Waals surface area contributed by atoms with E-state index >= 15 is 0 Å². The van der Waals surface area contributed by atoms with Gasteiger partial charge in [0.25, 0.3) is 0 Å². The summed E-state index contributed by atoms with van der Waals surface area (Å²) in [7, 11) is 0. The Labute approximate surface area is 91.1 Å². The van der Waals surface area contributed by atoms with Gasteiger partial charge < -0.3 is 10.2 Å². The maximum Gasteiger partial charge on any atom is 0.0938 e. The molecule has 5 atom stereocenters. The Morgan fingerprint density at radius 2 is 1.73 bits per heavy atom. The van der Waals surface area contributed by atoms with Gasteiger partial charge in [-0.25, -0.2) is 0 Å². The third kappa shape index (κ3) is 1.81. The fraction of sp³-hybridized carbons (Fsp3) is 1.00. The second kappa shape index (κ2) is 3.72. The zero-order valence-corrected chi connectivity index (χ0v) is 9.18. The molecule has 0 aromatic rings. The fourth-order valence-corrected chi connectivity index (χ4v) is 3.93. The lowest BCUT2D eigenvalue weighted by molar-refractivity contribution is 0.0572. The Kier molecular flexibility index (Phi) is 2.49. The van der Waals surface area contributed by atoms with Gasteiger partial charge in [-0.1, -0.05) is 6.42 Å². The molecule has 15 heavy (non-hydrogen) atoms. The molecular weight excluding hydrogens is 190 g/mol. The third-order valence-corrected chi connectivity index (χ3v) is 4.71. The van der Waals surface area contributed by atoms with E-state index in [1.54, 1.807) is 0 Å². The molecule has 1 aliphatic heterocycles. The lowest BCUT2D eigenvalue weighted by Gasteiger charge is -2.26. The fourth-order valence-electron chi connectivity index (χ4n) is 3.93. The molecule has 2 N–H and O–H groups in total. The first-order chi connectivity index (χ1) is 7.22. The van der Waals surface area contributed by atoms with E-state index in [1.807, 2.05) is 0 Å². The van der Waals surface area contributed by atoms with Crippen molar-refractivity contribution in [3.8, 4) is 0 Å². The molecule has 0 radical (unpaired) electrons. The van der Waals surface area contributed by atoms with Crippen LogP contribution in [-0.4, -0.2) is 47.0 Å². The molecule has 2 aliphatic carbocycles. The number of fused-ring (bicyclic) bond motifs is 2. The summed E-state index contributed by atoms with van der Waals surface area (Å²) in [6.45, 7) is 2.46. The van der Waals surface area contributed by atoms with Crippen LogP contribution in [0, 0.1) is 17.8 Å². The van der Waals surface area contributed by atoms with Crippen molar-refractivity contribution >= 4 is 0 Å². The molecule has 5 unspecified atom stereocenters. The monoisotopic (exact) mass is 211 g/mol. The molecule has 3 rings (SSSR count). The van der Waals surface area contributed by atoms with Crippen LogP contribution in [-0.2, 0) is 0 Å². The van der Waals surface area contributed by atoms with Crippen LogP contribution in [0.5, 0.6) is 0 Å². The molecule has 3 nitrogen and oxygen atoms in total. The molecule has 3 aliphatic rings. The molecule has 3 fully saturated rings. The summed E-state index contributed by atoms with van der Waals surface area (Å²) in [6.07, 6.45) is 4.70. The SMILES string of the molecule is OC1CN(CC2CC3CCC2C3)CC1O. The van der Waals surface area contributed by atoms with Gasteiger partial charge in [0.05, 0.1) is 12.2 Å². The first-order valence-corrected chi connectivity index (χ1v) is 6.31. The molecule has 2 bridgehead atoms. The van der Waals surface area contributed by atoms with Crippen LogP contribution >= 0.6 is 0 Å². The van der Waals surface area contributed by atoms with E-state index in [-0.39, 0.29) is 0 Å². The molecule has 0 amide bonds. The molecule has 0 aromatic carbocycles. The van der Waals surface area contributed by atoms with Crippen LogP contribution < -0.4 is 0 Å². The number of β-amino-alcohol motifs (C(OH)–C–C–N with tert-alkyl or cyclic N) is 2. The van der Waals surface area contributed by atoms with Crippen LogP contribution in [0.2, 0.25) is 0 Å². The van der Waals surface area contributed by atoms with E-state index in [0.717, 1.165) is 24.3 Å². The smallest absolute Gasteiger partial charge is 0.0938 e. The molecule has 1 heterocycles. The predicted octanol–water partition coefficient (Wildman–Crippen LogP) is 0.460. The number of nitrogens with zero attached hydrogens (tertiary/aromatic N) is 1. The van der Waals surface area contributed by atoms with Crippen LogP contribution in [0.1, 0.15) is 25.7 Å². The Balaban J connectivity index is 1.54. The molecular formula is C12H21NO2. The summed E-state index contributed by atoms with van der Waals surface area (Å²) in [5, 5.41) is 19.0. The van der Waals surface area contributed by atoms with Gasteiger partial charge in [-0.15, -0.1) is 0 Å². The van der Waals surface area contributed by atoms with E-state index in [9.17, 15) is 10.2 Å². The first-order valence-electron chi connectivity index (χ1n) is 6.31. The van der Waals surface area contributed by atoms with Gasteiger partial charge in [0.2, 0.25) is 0 Å². The summed E-state index contributed by atoms with van der Waals surface area (Å²) in [5.74, 6) is 2.79. The Morgan fingerprint density at radius 1 is 1.00 bits per heavy atom. The highest BCUT2D eigenvalue weighted by atomic mass is 16.3. The zero-order chi connectivity index (χ0) is 10.4. The predicted molar refractivity (Wildman–Crippen MR) is 57.4 cm³/mol. The van der Waals surface area contributed by atoms with Crippen molar-refractivity contribution in [2.45, 2.75) is 37.9 Å². The van der Waals surface area contributed by atoms with E-state index in [2.05, 4.69) is 4.90 Å². The molecule has 2 saturated carbocycles. The highest BCUT2D eigenvalue weighted by molar-refractivity contribution is 4.93. The summed E-state index contributed by atoms with van der Waals surface area (Å²) in [4.78, 5) is 2.25. The van der Waals surface area contributed by atoms with Crippen molar-refractivity contribution in [3.05, 3.63) is 0 Å². The van der Waals surface area contributed by atoms with Gasteiger partial charge >= 0.3 is 0 Å². The third-order valence-electron chi connectivity index (χ3n) is 4.71. The second-order valence-electron chi connectivity index (χ2n) is 5.79. The minimum atomic E-state index is -0.511. The summed E-state index contributed by atoms with van der Waals surface area (Å²) >= 11 is 0. The minimum Gasteiger partial charge on any atom is -0.389 e. The molecule has 1 saturated heterocycles. The normalized spacial score (nSPS) is 50.4. The molecule has 3 heteroatoms. The average molecular weight is 211 g/mol. The summed E-state index contributed by atoms with van der Waals surface area (Å²) < 4.78 is 0. The maximum absolute atomic E-state index is 9.48. The number of hydrogen-bond acceptors (Lipinski definition) is 3. The standard InChI is InChI=1S/C12H21NO2/c14-11-6-13(7-12(11)15)5-10-4-8-1-2-9(10)3-8/h8-12,14-15H,1-7H2. The highest BCUT2D eigenvalue weighted by Gasteiger charge is 2.41. The summed E-state index contributed by atoms with van der Waals surface area (Å²) in [5.41, 5.74) is 0. The Morgan fingerprint density at radius 3 is 2.27 bits per heavy atom. The molecule has 0 aromatic heterocycles. The van der Waals surface area contributed by atoms with Gasteiger partial charge in [0.1, 0.15) is 0 Å². The second-order valence-corrected chi connectivity index (χ2v) is 5.79. The largest absolute Gasteiger partial charge is 0.389 e. The van der Waals surface area contributed by atoms with E-state index in [1.165, 1.54) is 25.7 Å². The van der Waals surface area contributed by atoms with Gasteiger partial charge in [-0.05, 0) is 37.0 Å². The number of hydrogen-bond donors (Lipinski definition) is 2. The van der Waals surface area contributed by atoms with Gasteiger partial charge in [-0.2, -0.15) is 0 Å². The number of likely N-dealkylation sites (tertiary alicyclic amines) is 1. The van der Waals surface area contributed by atoms with Crippen molar-refractivity contribution < 1.29 is 10.2 Å². The highest BCUT2D eigenvalue weighted by Crippen LogP contribution is 2.48. The number of rotatable bonds is 2. The van der Waals surface area contributed by atoms with Crippen LogP contribution in [0.4, 0.5) is 0 Å². The Bertz CT molecular complexity index is 236. The maximum atomic E-state index is 9.48. The quantitative estimate of drug-likeness (QED) is 0.697. The first kappa shape index (κ1) is 10.1. The van der Waals surface area contributed by atoms with Crippen molar-refractivity contribution in [1.82, 2.24) is 4.90 Å². The van der Waals surface area contributed by atoms with Gasteiger partial charge in [-0.3, -0.25) is 4.90 Å². The van der Waals surface area contributed by atoms with Gasteiger partial charge in [0, 0.05) is 19.6 Å². The van der Waals surface area contributed by atoms with E-state index in [4.69, 9.17) is 0 Å². The molecule has 0 spiro atoms. The van der Waals surface area contributed by atoms with Crippen molar-refractivity contribution in [2.24, 2.45) is 17.8 Å². The average Bonchev–Trinajstić information content (AvgIpc) is 2.84. The van der Waals surface area contributed by atoms with Crippen LogP contribution in [0.3, 0.4) is 0 Å². The van der Waals surface area contributed by atoms with Crippen molar-refractivity contribution in [1.29, 1.82) is 0 Å². The topological polar surface area (TPSA) is 43.7 Å². The minimum absolute atomic E-state index is 0.511. The lowest BCUT2D eigenvalue weighted by atomic mass is 9.88. The lowest BCUT2D eigenvalue weighted by Crippen LogP contribution is -2.31. The molecule has 86 valence electrons. The van der Waals surface area contributed by atoms with Gasteiger partial charge in [0.15, 0.2) is 0 Å². The summed E-state index contributed by atoms with van der Waals surface area (Å²) in [6, 6.07) is 0. The number of aliphatic hydroxyl groups excluding tert-OH is 2. The Hall–Kier alpha value is -0.120. The van der Waals surface area contributed by atoms with Crippen LogP contribution in [0.25, 0.3) is 0 Å². The van der Waals surface area contributed by atoms with Crippen molar-refractivity contribution in [3.63, 3.8) is 0 Å². The number of aliphatic hydroxyl groups is 2. The zero-order valence-electron chi connectivity index (χ0n) is 9.18. The van der Waals surface area contributed by atoms with Crippen molar-refractivity contribution in [2.75, 3.05) is 19.6 Å². The van der Waals surface area contributed by atoms with E-state index < -0.39 is 12.2 Å². The van der Waals surface area contributed by atoms with Crippen LogP contribution in [0.15, 0.2) is 0 Å².